The highest BCUT2D eigenvalue weighted by Gasteiger charge is 2.28. The van der Waals surface area contributed by atoms with Crippen LogP contribution in [0.4, 0.5) is 0 Å². The SMILES string of the molecule is CCCCC1CCC(C(=O)NC2CCC(=O)NC2)CC1. The van der Waals surface area contributed by atoms with Crippen molar-refractivity contribution >= 4 is 11.8 Å². The number of nitrogens with one attached hydrogen (secondary N) is 2. The summed E-state index contributed by atoms with van der Waals surface area (Å²) in [6, 6.07) is 0.137. The van der Waals surface area contributed by atoms with Crippen molar-refractivity contribution in [2.45, 2.75) is 70.8 Å². The van der Waals surface area contributed by atoms with Crippen molar-refractivity contribution in [1.82, 2.24) is 10.6 Å². The van der Waals surface area contributed by atoms with Crippen LogP contribution in [0.1, 0.15) is 64.7 Å². The number of rotatable bonds is 5. The van der Waals surface area contributed by atoms with Crippen molar-refractivity contribution in [3.63, 3.8) is 0 Å². The lowest BCUT2D eigenvalue weighted by molar-refractivity contribution is -0.129. The molecule has 2 amide bonds. The summed E-state index contributed by atoms with van der Waals surface area (Å²) < 4.78 is 0. The van der Waals surface area contributed by atoms with Gasteiger partial charge in [0.15, 0.2) is 0 Å². The van der Waals surface area contributed by atoms with Gasteiger partial charge >= 0.3 is 0 Å². The van der Waals surface area contributed by atoms with E-state index in [1.54, 1.807) is 0 Å². The number of carbonyl (C=O) groups is 2. The first-order chi connectivity index (χ1) is 9.69. The van der Waals surface area contributed by atoms with E-state index in [4.69, 9.17) is 0 Å². The van der Waals surface area contributed by atoms with Crippen LogP contribution in [-0.4, -0.2) is 24.4 Å². The Labute approximate surface area is 122 Å². The lowest BCUT2D eigenvalue weighted by Gasteiger charge is -2.30. The molecule has 20 heavy (non-hydrogen) atoms. The highest BCUT2D eigenvalue weighted by atomic mass is 16.2. The van der Waals surface area contributed by atoms with Crippen LogP contribution in [0.5, 0.6) is 0 Å². The van der Waals surface area contributed by atoms with Gasteiger partial charge in [0.2, 0.25) is 11.8 Å². The Morgan fingerprint density at radius 1 is 1.25 bits per heavy atom. The van der Waals surface area contributed by atoms with Crippen molar-refractivity contribution in [2.75, 3.05) is 6.54 Å². The molecule has 114 valence electrons. The molecule has 2 rings (SSSR count). The van der Waals surface area contributed by atoms with E-state index in [-0.39, 0.29) is 23.8 Å². The molecular formula is C16H28N2O2. The first-order valence-corrected chi connectivity index (χ1v) is 8.26. The molecule has 0 radical (unpaired) electrons. The topological polar surface area (TPSA) is 58.2 Å². The Kier molecular flexibility index (Phi) is 5.86. The fraction of sp³-hybridized carbons (Fsp3) is 0.875. The maximum atomic E-state index is 12.2. The van der Waals surface area contributed by atoms with Gasteiger partial charge in [-0.3, -0.25) is 9.59 Å². The molecule has 1 aliphatic heterocycles. The molecule has 0 aromatic rings. The second-order valence-corrected chi connectivity index (χ2v) is 6.41. The molecule has 4 nitrogen and oxygen atoms in total. The van der Waals surface area contributed by atoms with Crippen LogP contribution in [0.15, 0.2) is 0 Å². The van der Waals surface area contributed by atoms with Crippen molar-refractivity contribution in [3.05, 3.63) is 0 Å². The summed E-state index contributed by atoms with van der Waals surface area (Å²) in [5, 5.41) is 5.93. The summed E-state index contributed by atoms with van der Waals surface area (Å²) in [4.78, 5) is 23.3. The van der Waals surface area contributed by atoms with Crippen molar-refractivity contribution in [1.29, 1.82) is 0 Å². The Morgan fingerprint density at radius 2 is 2.00 bits per heavy atom. The monoisotopic (exact) mass is 280 g/mol. The Bertz CT molecular complexity index is 325. The molecule has 1 atom stereocenters. The molecule has 2 aliphatic rings. The van der Waals surface area contributed by atoms with Gasteiger partial charge in [-0.1, -0.05) is 26.2 Å². The van der Waals surface area contributed by atoms with Gasteiger partial charge in [0.05, 0.1) is 0 Å². The molecule has 1 aliphatic carbocycles. The van der Waals surface area contributed by atoms with Crippen LogP contribution in [0.2, 0.25) is 0 Å². The molecule has 1 unspecified atom stereocenters. The predicted octanol–water partition coefficient (Wildman–Crippen LogP) is 2.38. The van der Waals surface area contributed by atoms with E-state index >= 15 is 0 Å². The second-order valence-electron chi connectivity index (χ2n) is 6.41. The molecule has 0 spiro atoms. The van der Waals surface area contributed by atoms with Crippen molar-refractivity contribution in [3.8, 4) is 0 Å². The lowest BCUT2D eigenvalue weighted by Crippen LogP contribution is -2.49. The number of hydrogen-bond acceptors (Lipinski definition) is 2. The Morgan fingerprint density at radius 3 is 2.60 bits per heavy atom. The second kappa shape index (κ2) is 7.65. The zero-order valence-corrected chi connectivity index (χ0v) is 12.6. The average Bonchev–Trinajstić information content (AvgIpc) is 2.48. The third-order valence-electron chi connectivity index (χ3n) is 4.80. The van der Waals surface area contributed by atoms with E-state index in [2.05, 4.69) is 17.6 Å². The minimum atomic E-state index is 0.104. The maximum absolute atomic E-state index is 12.2. The molecular weight excluding hydrogens is 252 g/mol. The zero-order valence-electron chi connectivity index (χ0n) is 12.6. The first-order valence-electron chi connectivity index (χ1n) is 8.26. The number of unbranched alkanes of at least 4 members (excludes halogenated alkanes) is 1. The molecule has 1 saturated carbocycles. The molecule has 4 heteroatoms. The molecule has 1 saturated heterocycles. The van der Waals surface area contributed by atoms with Crippen molar-refractivity contribution in [2.24, 2.45) is 11.8 Å². The first kappa shape index (κ1) is 15.3. The Balaban J connectivity index is 1.68. The summed E-state index contributed by atoms with van der Waals surface area (Å²) >= 11 is 0. The standard InChI is InChI=1S/C16H28N2O2/c1-2-3-4-12-5-7-13(8-6-12)16(20)18-14-9-10-15(19)17-11-14/h12-14H,2-11H2,1H3,(H,17,19)(H,18,20). The smallest absolute Gasteiger partial charge is 0.223 e. The van der Waals surface area contributed by atoms with E-state index < -0.39 is 0 Å². The summed E-state index contributed by atoms with van der Waals surface area (Å²) in [6.07, 6.45) is 9.74. The highest BCUT2D eigenvalue weighted by Crippen LogP contribution is 2.32. The summed E-state index contributed by atoms with van der Waals surface area (Å²) in [5.74, 6) is 1.35. The number of carbonyl (C=O) groups excluding carboxylic acids is 2. The van der Waals surface area contributed by atoms with Gasteiger partial charge in [-0.05, 0) is 38.0 Å². The zero-order chi connectivity index (χ0) is 14.4. The largest absolute Gasteiger partial charge is 0.354 e. The van der Waals surface area contributed by atoms with Crippen LogP contribution >= 0.6 is 0 Å². The maximum Gasteiger partial charge on any atom is 0.223 e. The molecule has 2 fully saturated rings. The van der Waals surface area contributed by atoms with Crippen LogP contribution in [0.25, 0.3) is 0 Å². The molecule has 0 bridgehead atoms. The van der Waals surface area contributed by atoms with Crippen LogP contribution in [0.3, 0.4) is 0 Å². The fourth-order valence-corrected chi connectivity index (χ4v) is 3.38. The third-order valence-corrected chi connectivity index (χ3v) is 4.80. The summed E-state index contributed by atoms with van der Waals surface area (Å²) in [7, 11) is 0. The molecule has 0 aromatic carbocycles. The van der Waals surface area contributed by atoms with Gasteiger partial charge in [0, 0.05) is 24.9 Å². The van der Waals surface area contributed by atoms with Gasteiger partial charge in [0.25, 0.3) is 0 Å². The third kappa shape index (κ3) is 4.50. The number of amides is 2. The van der Waals surface area contributed by atoms with E-state index in [1.807, 2.05) is 0 Å². The predicted molar refractivity (Wildman–Crippen MR) is 79.1 cm³/mol. The lowest BCUT2D eigenvalue weighted by atomic mass is 9.79. The fourth-order valence-electron chi connectivity index (χ4n) is 3.38. The van der Waals surface area contributed by atoms with Crippen LogP contribution < -0.4 is 10.6 Å². The van der Waals surface area contributed by atoms with Crippen LogP contribution in [0, 0.1) is 11.8 Å². The van der Waals surface area contributed by atoms with Crippen LogP contribution in [-0.2, 0) is 9.59 Å². The van der Waals surface area contributed by atoms with Gasteiger partial charge in [-0.2, -0.15) is 0 Å². The summed E-state index contributed by atoms with van der Waals surface area (Å²) in [6.45, 7) is 2.83. The average molecular weight is 280 g/mol. The van der Waals surface area contributed by atoms with E-state index in [0.717, 1.165) is 25.2 Å². The normalized spacial score (nSPS) is 30.6. The Hall–Kier alpha value is -1.06. The van der Waals surface area contributed by atoms with E-state index in [1.165, 1.54) is 32.1 Å². The van der Waals surface area contributed by atoms with Gasteiger partial charge < -0.3 is 10.6 Å². The minimum absolute atomic E-state index is 0.104. The van der Waals surface area contributed by atoms with E-state index in [0.29, 0.717) is 13.0 Å². The van der Waals surface area contributed by atoms with Gasteiger partial charge in [-0.15, -0.1) is 0 Å². The van der Waals surface area contributed by atoms with Gasteiger partial charge in [0.1, 0.15) is 0 Å². The van der Waals surface area contributed by atoms with E-state index in [9.17, 15) is 9.59 Å². The minimum Gasteiger partial charge on any atom is -0.354 e. The summed E-state index contributed by atoms with van der Waals surface area (Å²) in [5.41, 5.74) is 0. The highest BCUT2D eigenvalue weighted by molar-refractivity contribution is 5.80. The quantitative estimate of drug-likeness (QED) is 0.812. The molecule has 1 heterocycles. The number of piperidine rings is 1. The number of hydrogen-bond donors (Lipinski definition) is 2. The van der Waals surface area contributed by atoms with Crippen molar-refractivity contribution < 1.29 is 9.59 Å². The molecule has 2 N–H and O–H groups in total. The van der Waals surface area contributed by atoms with Gasteiger partial charge in [-0.25, -0.2) is 0 Å². The molecule has 0 aromatic heterocycles.